The Morgan fingerprint density at radius 2 is 1.85 bits per heavy atom. The van der Waals surface area contributed by atoms with Gasteiger partial charge in [-0.25, -0.2) is 0 Å². The van der Waals surface area contributed by atoms with Crippen molar-refractivity contribution in [2.45, 2.75) is 44.7 Å². The van der Waals surface area contributed by atoms with Crippen LogP contribution in [0.3, 0.4) is 0 Å². The van der Waals surface area contributed by atoms with Crippen LogP contribution in [0.15, 0.2) is 18.2 Å². The number of ether oxygens (including phenoxy) is 2. The van der Waals surface area contributed by atoms with E-state index in [4.69, 9.17) is 9.47 Å². The van der Waals surface area contributed by atoms with Gasteiger partial charge in [-0.15, -0.1) is 0 Å². The van der Waals surface area contributed by atoms with Gasteiger partial charge in [0.1, 0.15) is 13.2 Å². The number of benzene rings is 1. The summed E-state index contributed by atoms with van der Waals surface area (Å²) in [4.78, 5) is 17.7. The molecule has 5 aliphatic rings. The first-order chi connectivity index (χ1) is 12.8. The minimum Gasteiger partial charge on any atom is -0.486 e. The van der Waals surface area contributed by atoms with Crippen LogP contribution in [0.5, 0.6) is 11.5 Å². The highest BCUT2D eigenvalue weighted by molar-refractivity contribution is 5.80. The van der Waals surface area contributed by atoms with E-state index < -0.39 is 0 Å². The lowest BCUT2D eigenvalue weighted by Crippen LogP contribution is -2.50. The number of rotatable bonds is 4. The molecule has 0 aromatic heterocycles. The van der Waals surface area contributed by atoms with E-state index in [0.29, 0.717) is 25.2 Å². The van der Waals surface area contributed by atoms with Crippen LogP contribution in [0.2, 0.25) is 0 Å². The second-order valence-corrected chi connectivity index (χ2v) is 8.39. The molecule has 0 N–H and O–H groups in total. The van der Waals surface area contributed by atoms with Gasteiger partial charge >= 0.3 is 0 Å². The molecular weight excluding hydrogens is 328 g/mol. The van der Waals surface area contributed by atoms with Crippen molar-refractivity contribution < 1.29 is 14.3 Å². The van der Waals surface area contributed by atoms with E-state index in [-0.39, 0.29) is 5.92 Å². The van der Waals surface area contributed by atoms with Crippen molar-refractivity contribution in [1.82, 2.24) is 9.80 Å². The molecule has 0 radical (unpaired) electrons. The Labute approximate surface area is 155 Å². The molecule has 0 unspecified atom stereocenters. The quantitative estimate of drug-likeness (QED) is 0.832. The topological polar surface area (TPSA) is 42.0 Å². The summed E-state index contributed by atoms with van der Waals surface area (Å²) >= 11 is 0. The van der Waals surface area contributed by atoms with E-state index in [9.17, 15) is 4.79 Å². The summed E-state index contributed by atoms with van der Waals surface area (Å²) in [6, 6.07) is 6.66. The van der Waals surface area contributed by atoms with Crippen molar-refractivity contribution in [2.75, 3.05) is 32.8 Å². The summed E-state index contributed by atoms with van der Waals surface area (Å²) in [6.07, 6.45) is 6.18. The highest BCUT2D eigenvalue weighted by Gasteiger charge is 2.41. The van der Waals surface area contributed by atoms with E-state index in [1.165, 1.54) is 31.2 Å². The number of nitrogens with zero attached hydrogens (tertiary/aromatic N) is 2. The molecule has 140 valence electrons. The first-order valence-electron chi connectivity index (χ1n) is 10.2. The minimum atomic E-state index is 0.186. The molecule has 26 heavy (non-hydrogen) atoms. The summed E-state index contributed by atoms with van der Waals surface area (Å²) < 4.78 is 11.3. The molecular formula is C21H28N2O3. The van der Waals surface area contributed by atoms with Crippen LogP contribution >= 0.6 is 0 Å². The van der Waals surface area contributed by atoms with E-state index in [1.54, 1.807) is 0 Å². The number of hydrogen-bond donors (Lipinski definition) is 0. The van der Waals surface area contributed by atoms with Gasteiger partial charge in [-0.1, -0.05) is 12.5 Å². The number of amides is 1. The number of carbonyl (C=O) groups excluding carboxylic acids is 1. The van der Waals surface area contributed by atoms with Crippen molar-refractivity contribution >= 4 is 5.91 Å². The van der Waals surface area contributed by atoms with Gasteiger partial charge in [0.05, 0.1) is 5.92 Å². The maximum Gasteiger partial charge on any atom is 0.227 e. The third-order valence-corrected chi connectivity index (χ3v) is 6.56. The average Bonchev–Trinajstić information content (AvgIpc) is 2.88. The Kier molecular flexibility index (Phi) is 4.27. The van der Waals surface area contributed by atoms with E-state index in [1.807, 2.05) is 6.07 Å². The molecule has 4 aliphatic heterocycles. The predicted octanol–water partition coefficient (Wildman–Crippen LogP) is 2.68. The zero-order valence-electron chi connectivity index (χ0n) is 15.4. The standard InChI is InChI=1S/C21H28N2O3/c24-21-17-5-6-18(23(21)12-15-2-1-3-15)14-22(13-17)11-16-4-7-19-20(10-16)26-9-8-25-19/h4,7,10,15,17-18H,1-3,5-6,8-9,11-14H2/t17-,18+/m0/s1. The average molecular weight is 356 g/mol. The molecule has 1 aliphatic carbocycles. The summed E-state index contributed by atoms with van der Waals surface area (Å²) in [6.45, 7) is 5.02. The molecule has 4 heterocycles. The normalized spacial score (nSPS) is 28.8. The van der Waals surface area contributed by atoms with Gasteiger partial charge in [0.15, 0.2) is 11.5 Å². The van der Waals surface area contributed by atoms with Gasteiger partial charge in [0.25, 0.3) is 0 Å². The molecule has 3 saturated heterocycles. The maximum absolute atomic E-state index is 12.9. The van der Waals surface area contributed by atoms with E-state index in [2.05, 4.69) is 21.9 Å². The van der Waals surface area contributed by atoms with Crippen molar-refractivity contribution in [3.8, 4) is 11.5 Å². The molecule has 5 nitrogen and oxygen atoms in total. The van der Waals surface area contributed by atoms with E-state index >= 15 is 0 Å². The molecule has 1 saturated carbocycles. The molecule has 2 bridgehead atoms. The molecule has 6 rings (SSSR count). The number of carbonyl (C=O) groups is 1. The lowest BCUT2D eigenvalue weighted by atomic mass is 9.83. The van der Waals surface area contributed by atoms with Crippen LogP contribution in [-0.2, 0) is 11.3 Å². The summed E-state index contributed by atoms with van der Waals surface area (Å²) in [7, 11) is 0. The lowest BCUT2D eigenvalue weighted by Gasteiger charge is -2.40. The SMILES string of the molecule is O=C1[C@H]2CC[C@H](CN(Cc3ccc4c(c3)OCCO4)C2)N1CC1CCC1. The Hall–Kier alpha value is -1.75. The van der Waals surface area contributed by atoms with Crippen molar-refractivity contribution in [3.63, 3.8) is 0 Å². The number of fused-ring (bicyclic) bond motifs is 5. The largest absolute Gasteiger partial charge is 0.486 e. The van der Waals surface area contributed by atoms with Crippen molar-refractivity contribution in [3.05, 3.63) is 23.8 Å². The van der Waals surface area contributed by atoms with Gasteiger partial charge in [-0.05, 0) is 49.3 Å². The first kappa shape index (κ1) is 16.4. The van der Waals surface area contributed by atoms with E-state index in [0.717, 1.165) is 50.0 Å². The van der Waals surface area contributed by atoms with Gasteiger partial charge in [-0.2, -0.15) is 0 Å². The number of hydrogen-bond acceptors (Lipinski definition) is 4. The number of piperidine rings is 1. The molecule has 5 heteroatoms. The first-order valence-corrected chi connectivity index (χ1v) is 10.2. The van der Waals surface area contributed by atoms with Crippen LogP contribution < -0.4 is 9.47 Å². The van der Waals surface area contributed by atoms with Gasteiger partial charge < -0.3 is 14.4 Å². The molecule has 1 amide bonds. The lowest BCUT2D eigenvalue weighted by molar-refractivity contribution is -0.141. The van der Waals surface area contributed by atoms with Crippen LogP contribution in [0.1, 0.15) is 37.7 Å². The van der Waals surface area contributed by atoms with Gasteiger partial charge in [0, 0.05) is 32.2 Å². The highest BCUT2D eigenvalue weighted by atomic mass is 16.6. The second kappa shape index (κ2) is 6.76. The summed E-state index contributed by atoms with van der Waals surface area (Å²) in [5.74, 6) is 3.06. The fourth-order valence-corrected chi connectivity index (χ4v) is 4.90. The summed E-state index contributed by atoms with van der Waals surface area (Å²) in [5.41, 5.74) is 1.24. The van der Waals surface area contributed by atoms with Crippen LogP contribution in [0.25, 0.3) is 0 Å². The van der Waals surface area contributed by atoms with Crippen LogP contribution in [0, 0.1) is 11.8 Å². The molecule has 0 spiro atoms. The van der Waals surface area contributed by atoms with Crippen molar-refractivity contribution in [2.24, 2.45) is 11.8 Å². The Balaban J connectivity index is 1.29. The van der Waals surface area contributed by atoms with Crippen LogP contribution in [0.4, 0.5) is 0 Å². The fourth-order valence-electron chi connectivity index (χ4n) is 4.90. The monoisotopic (exact) mass is 356 g/mol. The zero-order chi connectivity index (χ0) is 17.5. The smallest absolute Gasteiger partial charge is 0.227 e. The van der Waals surface area contributed by atoms with Gasteiger partial charge in [0.2, 0.25) is 5.91 Å². The Morgan fingerprint density at radius 3 is 2.65 bits per heavy atom. The minimum absolute atomic E-state index is 0.186. The van der Waals surface area contributed by atoms with Crippen molar-refractivity contribution in [1.29, 1.82) is 0 Å². The van der Waals surface area contributed by atoms with Gasteiger partial charge in [-0.3, -0.25) is 9.69 Å². The summed E-state index contributed by atoms with van der Waals surface area (Å²) in [5, 5.41) is 0. The third kappa shape index (κ3) is 3.07. The maximum atomic E-state index is 12.9. The third-order valence-electron chi connectivity index (χ3n) is 6.56. The molecule has 1 aromatic carbocycles. The molecule has 1 aromatic rings. The fraction of sp³-hybridized carbons (Fsp3) is 0.667. The highest BCUT2D eigenvalue weighted by Crippen LogP contribution is 2.35. The molecule has 2 atom stereocenters. The Morgan fingerprint density at radius 1 is 1.00 bits per heavy atom. The second-order valence-electron chi connectivity index (χ2n) is 8.39. The Bertz CT molecular complexity index is 688. The molecule has 4 fully saturated rings. The van der Waals surface area contributed by atoms with Crippen LogP contribution in [-0.4, -0.2) is 54.6 Å². The predicted molar refractivity (Wildman–Crippen MR) is 98.3 cm³/mol. The zero-order valence-corrected chi connectivity index (χ0v) is 15.4.